The van der Waals surface area contributed by atoms with Crippen molar-refractivity contribution in [3.8, 4) is 0 Å². The first-order valence-corrected chi connectivity index (χ1v) is 6.12. The predicted molar refractivity (Wildman–Crippen MR) is 58.2 cm³/mol. The molecule has 14 heavy (non-hydrogen) atoms. The molecule has 2 atom stereocenters. The molecule has 0 aromatic carbocycles. The summed E-state index contributed by atoms with van der Waals surface area (Å²) < 4.78 is 0. The zero-order valence-electron chi connectivity index (χ0n) is 9.50. The molecule has 1 heterocycles. The van der Waals surface area contributed by atoms with Gasteiger partial charge in [0.2, 0.25) is 0 Å². The van der Waals surface area contributed by atoms with Crippen LogP contribution >= 0.6 is 0 Å². The summed E-state index contributed by atoms with van der Waals surface area (Å²) in [5, 5.41) is 10.5. The van der Waals surface area contributed by atoms with Crippen molar-refractivity contribution in [2.45, 2.75) is 57.6 Å². The van der Waals surface area contributed by atoms with Gasteiger partial charge in [-0.15, -0.1) is 0 Å². The lowest BCUT2D eigenvalue weighted by atomic mass is 9.85. The molecule has 2 aliphatic rings. The molecule has 2 nitrogen and oxygen atoms in total. The van der Waals surface area contributed by atoms with Gasteiger partial charge in [-0.3, -0.25) is 4.90 Å². The van der Waals surface area contributed by atoms with E-state index in [1.165, 1.54) is 19.3 Å². The predicted octanol–water partition coefficient (Wildman–Crippen LogP) is 2.02. The highest BCUT2D eigenvalue weighted by Crippen LogP contribution is 2.37. The molecule has 0 aromatic heterocycles. The lowest BCUT2D eigenvalue weighted by Crippen LogP contribution is -2.40. The third-order valence-corrected chi connectivity index (χ3v) is 4.01. The lowest BCUT2D eigenvalue weighted by Gasteiger charge is -2.30. The molecule has 1 saturated heterocycles. The van der Waals surface area contributed by atoms with E-state index in [9.17, 15) is 5.11 Å². The molecule has 2 unspecified atom stereocenters. The largest absolute Gasteiger partial charge is 0.388 e. The number of β-amino-alcohol motifs (C(OH)–C–C–N with tert-alkyl or cyclic N) is 1. The number of nitrogens with zero attached hydrogens (tertiary/aromatic N) is 1. The summed E-state index contributed by atoms with van der Waals surface area (Å²) in [6.45, 7) is 6.46. The van der Waals surface area contributed by atoms with Crippen molar-refractivity contribution in [1.29, 1.82) is 0 Å². The van der Waals surface area contributed by atoms with Crippen LogP contribution in [-0.2, 0) is 0 Å². The van der Waals surface area contributed by atoms with Crippen LogP contribution in [0, 0.1) is 5.92 Å². The SMILES string of the molecule is CCCC(C)C1(O)CCN(C2CC2)C1. The third-order valence-electron chi connectivity index (χ3n) is 4.01. The van der Waals surface area contributed by atoms with Crippen molar-refractivity contribution in [2.75, 3.05) is 13.1 Å². The monoisotopic (exact) mass is 197 g/mol. The summed E-state index contributed by atoms with van der Waals surface area (Å²) >= 11 is 0. The maximum atomic E-state index is 10.5. The molecule has 1 aliphatic carbocycles. The van der Waals surface area contributed by atoms with Gasteiger partial charge in [-0.05, 0) is 31.6 Å². The summed E-state index contributed by atoms with van der Waals surface area (Å²) in [7, 11) is 0. The Morgan fingerprint density at radius 3 is 2.79 bits per heavy atom. The number of hydrogen-bond donors (Lipinski definition) is 1. The zero-order valence-corrected chi connectivity index (χ0v) is 9.50. The van der Waals surface area contributed by atoms with E-state index in [2.05, 4.69) is 18.7 Å². The first kappa shape index (κ1) is 10.4. The fourth-order valence-corrected chi connectivity index (χ4v) is 2.70. The van der Waals surface area contributed by atoms with Gasteiger partial charge in [-0.2, -0.15) is 0 Å². The Labute approximate surface area is 87.3 Å². The number of hydrogen-bond acceptors (Lipinski definition) is 2. The normalized spacial score (nSPS) is 36.2. The molecule has 2 fully saturated rings. The molecule has 0 radical (unpaired) electrons. The average molecular weight is 197 g/mol. The minimum atomic E-state index is -0.376. The van der Waals surface area contributed by atoms with Crippen molar-refractivity contribution >= 4 is 0 Å². The van der Waals surface area contributed by atoms with E-state index >= 15 is 0 Å². The summed E-state index contributed by atoms with van der Waals surface area (Å²) in [6.07, 6.45) is 6.06. The highest BCUT2D eigenvalue weighted by molar-refractivity contribution is 4.98. The highest BCUT2D eigenvalue weighted by atomic mass is 16.3. The average Bonchev–Trinajstić information content (AvgIpc) is 2.91. The molecule has 0 aromatic rings. The lowest BCUT2D eigenvalue weighted by molar-refractivity contribution is -0.00617. The molecule has 82 valence electrons. The molecule has 1 aliphatic heterocycles. The van der Waals surface area contributed by atoms with Crippen LogP contribution in [0.3, 0.4) is 0 Å². The summed E-state index contributed by atoms with van der Waals surface area (Å²) in [4.78, 5) is 2.49. The summed E-state index contributed by atoms with van der Waals surface area (Å²) in [6, 6.07) is 0.817. The van der Waals surface area contributed by atoms with Gasteiger partial charge >= 0.3 is 0 Å². The van der Waals surface area contributed by atoms with Crippen LogP contribution in [0.4, 0.5) is 0 Å². The van der Waals surface area contributed by atoms with Crippen LogP contribution in [0.5, 0.6) is 0 Å². The van der Waals surface area contributed by atoms with E-state index in [4.69, 9.17) is 0 Å². The molecule has 1 saturated carbocycles. The third kappa shape index (κ3) is 1.96. The van der Waals surface area contributed by atoms with E-state index in [1.54, 1.807) is 0 Å². The Bertz CT molecular complexity index is 202. The fourth-order valence-electron chi connectivity index (χ4n) is 2.70. The van der Waals surface area contributed by atoms with Crippen LogP contribution < -0.4 is 0 Å². The number of rotatable bonds is 4. The molecule has 0 amide bonds. The van der Waals surface area contributed by atoms with Crippen LogP contribution in [0.15, 0.2) is 0 Å². The standard InChI is InChI=1S/C12H23NO/c1-3-4-10(2)12(14)7-8-13(9-12)11-5-6-11/h10-11,14H,3-9H2,1-2H3. The minimum Gasteiger partial charge on any atom is -0.388 e. The second-order valence-corrected chi connectivity index (χ2v) is 5.24. The van der Waals surface area contributed by atoms with E-state index in [1.807, 2.05) is 0 Å². The first-order chi connectivity index (χ1) is 6.65. The minimum absolute atomic E-state index is 0.376. The second kappa shape index (κ2) is 3.82. The number of likely N-dealkylation sites (tertiary alicyclic amines) is 1. The van der Waals surface area contributed by atoms with Crippen molar-refractivity contribution in [1.82, 2.24) is 4.90 Å². The molecule has 2 heteroatoms. The van der Waals surface area contributed by atoms with Gasteiger partial charge in [-0.1, -0.05) is 20.3 Å². The Balaban J connectivity index is 1.89. The highest BCUT2D eigenvalue weighted by Gasteiger charge is 2.44. The van der Waals surface area contributed by atoms with Gasteiger partial charge in [-0.25, -0.2) is 0 Å². The smallest absolute Gasteiger partial charge is 0.0811 e. The van der Waals surface area contributed by atoms with E-state index < -0.39 is 0 Å². The van der Waals surface area contributed by atoms with Crippen LogP contribution in [0.25, 0.3) is 0 Å². The van der Waals surface area contributed by atoms with E-state index in [0.29, 0.717) is 5.92 Å². The molecule has 2 rings (SSSR count). The Hall–Kier alpha value is -0.0800. The summed E-state index contributed by atoms with van der Waals surface area (Å²) in [5.41, 5.74) is -0.376. The van der Waals surface area contributed by atoms with Gasteiger partial charge < -0.3 is 5.11 Å². The van der Waals surface area contributed by atoms with Gasteiger partial charge in [0.1, 0.15) is 0 Å². The molecule has 0 spiro atoms. The van der Waals surface area contributed by atoms with Gasteiger partial charge in [0, 0.05) is 19.1 Å². The molecular weight excluding hydrogens is 174 g/mol. The van der Waals surface area contributed by atoms with Crippen molar-refractivity contribution < 1.29 is 5.11 Å². The maximum Gasteiger partial charge on any atom is 0.0811 e. The van der Waals surface area contributed by atoms with Gasteiger partial charge in [0.25, 0.3) is 0 Å². The fraction of sp³-hybridized carbons (Fsp3) is 1.00. The zero-order chi connectivity index (χ0) is 10.2. The van der Waals surface area contributed by atoms with Crippen molar-refractivity contribution in [2.24, 2.45) is 5.92 Å². The first-order valence-electron chi connectivity index (χ1n) is 6.12. The van der Waals surface area contributed by atoms with Gasteiger partial charge in [0.15, 0.2) is 0 Å². The van der Waals surface area contributed by atoms with Crippen LogP contribution in [0.2, 0.25) is 0 Å². The molecular formula is C12H23NO. The van der Waals surface area contributed by atoms with Crippen LogP contribution in [-0.4, -0.2) is 34.7 Å². The second-order valence-electron chi connectivity index (χ2n) is 5.24. The Morgan fingerprint density at radius 2 is 2.21 bits per heavy atom. The quantitative estimate of drug-likeness (QED) is 0.745. The number of aliphatic hydroxyl groups is 1. The Kier molecular flexibility index (Phi) is 2.85. The van der Waals surface area contributed by atoms with Crippen molar-refractivity contribution in [3.63, 3.8) is 0 Å². The molecule has 1 N–H and O–H groups in total. The summed E-state index contributed by atoms with van der Waals surface area (Å²) in [5.74, 6) is 0.469. The van der Waals surface area contributed by atoms with Crippen molar-refractivity contribution in [3.05, 3.63) is 0 Å². The molecule has 0 bridgehead atoms. The van der Waals surface area contributed by atoms with Gasteiger partial charge in [0.05, 0.1) is 5.60 Å². The van der Waals surface area contributed by atoms with E-state index in [-0.39, 0.29) is 5.60 Å². The maximum absolute atomic E-state index is 10.5. The van der Waals surface area contributed by atoms with E-state index in [0.717, 1.165) is 32.0 Å². The Morgan fingerprint density at radius 1 is 1.50 bits per heavy atom. The van der Waals surface area contributed by atoms with Crippen LogP contribution in [0.1, 0.15) is 46.0 Å². The topological polar surface area (TPSA) is 23.5 Å².